The maximum absolute atomic E-state index is 13.1. The number of ether oxygens (including phenoxy) is 2. The molecule has 0 bridgehead atoms. The van der Waals surface area contributed by atoms with E-state index in [1.54, 1.807) is 0 Å². The summed E-state index contributed by atoms with van der Waals surface area (Å²) < 4.78 is 10.4. The molecular formula is C27H27NO4. The van der Waals surface area contributed by atoms with Crippen molar-refractivity contribution in [2.75, 3.05) is 14.2 Å². The number of likely N-dealkylation sites (tertiary alicyclic amines) is 1. The lowest BCUT2D eigenvalue weighted by Crippen LogP contribution is -2.32. The van der Waals surface area contributed by atoms with E-state index in [2.05, 4.69) is 17.0 Å². The molecule has 1 aliphatic heterocycles. The van der Waals surface area contributed by atoms with E-state index in [1.807, 2.05) is 78.9 Å². The van der Waals surface area contributed by atoms with E-state index in [-0.39, 0.29) is 12.1 Å². The Morgan fingerprint density at radius 2 is 1.03 bits per heavy atom. The third kappa shape index (κ3) is 4.16. The molecule has 3 aromatic carbocycles. The second-order valence-electron chi connectivity index (χ2n) is 7.97. The fourth-order valence-electron chi connectivity index (χ4n) is 4.89. The van der Waals surface area contributed by atoms with Crippen LogP contribution in [0.3, 0.4) is 0 Å². The Hall–Kier alpha value is -3.44. The molecule has 4 rings (SSSR count). The van der Waals surface area contributed by atoms with Crippen LogP contribution in [0.4, 0.5) is 0 Å². The Morgan fingerprint density at radius 1 is 0.656 bits per heavy atom. The van der Waals surface area contributed by atoms with Crippen molar-refractivity contribution in [1.82, 2.24) is 4.90 Å². The molecular weight excluding hydrogens is 402 g/mol. The minimum atomic E-state index is -0.705. The molecule has 5 nitrogen and oxygen atoms in total. The number of hydrogen-bond acceptors (Lipinski definition) is 5. The summed E-state index contributed by atoms with van der Waals surface area (Å²) in [4.78, 5) is 28.5. The molecule has 3 aromatic rings. The minimum absolute atomic E-state index is 0.349. The SMILES string of the molecule is COC(=O)[C@H]1[C@H](C(=O)OC)[C@H](c2ccccc2)N(Cc2ccccc2)[C@H]1c1ccccc1. The molecule has 1 fully saturated rings. The number of esters is 2. The first-order chi connectivity index (χ1) is 15.7. The van der Waals surface area contributed by atoms with Gasteiger partial charge in [0, 0.05) is 6.54 Å². The summed E-state index contributed by atoms with van der Waals surface area (Å²) in [5.41, 5.74) is 3.03. The summed E-state index contributed by atoms with van der Waals surface area (Å²) in [6.07, 6.45) is 0. The van der Waals surface area contributed by atoms with Crippen molar-refractivity contribution in [1.29, 1.82) is 0 Å². The van der Waals surface area contributed by atoms with E-state index >= 15 is 0 Å². The molecule has 5 heteroatoms. The monoisotopic (exact) mass is 429 g/mol. The Balaban J connectivity index is 1.92. The molecule has 0 spiro atoms. The summed E-state index contributed by atoms with van der Waals surface area (Å²) in [6, 6.07) is 29.1. The summed E-state index contributed by atoms with van der Waals surface area (Å²) in [7, 11) is 2.74. The van der Waals surface area contributed by atoms with Crippen molar-refractivity contribution in [3.8, 4) is 0 Å². The number of benzene rings is 3. The van der Waals surface area contributed by atoms with Crippen LogP contribution in [0.15, 0.2) is 91.0 Å². The maximum Gasteiger partial charge on any atom is 0.311 e. The predicted molar refractivity (Wildman–Crippen MR) is 121 cm³/mol. The van der Waals surface area contributed by atoms with Crippen molar-refractivity contribution >= 4 is 11.9 Å². The van der Waals surface area contributed by atoms with Crippen molar-refractivity contribution in [2.45, 2.75) is 18.6 Å². The number of rotatable bonds is 6. The first kappa shape index (κ1) is 21.8. The van der Waals surface area contributed by atoms with Crippen LogP contribution < -0.4 is 0 Å². The first-order valence-corrected chi connectivity index (χ1v) is 10.7. The van der Waals surface area contributed by atoms with Crippen LogP contribution in [0.5, 0.6) is 0 Å². The van der Waals surface area contributed by atoms with E-state index in [0.717, 1.165) is 16.7 Å². The van der Waals surface area contributed by atoms with Gasteiger partial charge in [-0.2, -0.15) is 0 Å². The van der Waals surface area contributed by atoms with Gasteiger partial charge in [-0.15, -0.1) is 0 Å². The highest BCUT2D eigenvalue weighted by Crippen LogP contribution is 2.53. The highest BCUT2D eigenvalue weighted by Gasteiger charge is 2.57. The van der Waals surface area contributed by atoms with Gasteiger partial charge in [-0.1, -0.05) is 91.0 Å². The van der Waals surface area contributed by atoms with Gasteiger partial charge in [0.2, 0.25) is 0 Å². The second kappa shape index (κ2) is 9.79. The number of carbonyl (C=O) groups excluding carboxylic acids is 2. The Labute approximate surface area is 188 Å². The number of nitrogens with zero attached hydrogens (tertiary/aromatic N) is 1. The van der Waals surface area contributed by atoms with Crippen LogP contribution in [0.25, 0.3) is 0 Å². The predicted octanol–water partition coefficient (Wildman–Crippen LogP) is 4.56. The lowest BCUT2D eigenvalue weighted by atomic mass is 9.82. The van der Waals surface area contributed by atoms with Gasteiger partial charge in [0.1, 0.15) is 0 Å². The number of carbonyl (C=O) groups is 2. The van der Waals surface area contributed by atoms with Crippen LogP contribution in [-0.2, 0) is 25.6 Å². The zero-order valence-corrected chi connectivity index (χ0v) is 18.3. The van der Waals surface area contributed by atoms with Crippen LogP contribution >= 0.6 is 0 Å². The van der Waals surface area contributed by atoms with Gasteiger partial charge in [0.15, 0.2) is 0 Å². The average molecular weight is 430 g/mol. The Kier molecular flexibility index (Phi) is 6.66. The zero-order chi connectivity index (χ0) is 22.5. The fourth-order valence-corrected chi connectivity index (χ4v) is 4.89. The maximum atomic E-state index is 13.1. The van der Waals surface area contributed by atoms with Crippen LogP contribution in [0, 0.1) is 11.8 Å². The van der Waals surface area contributed by atoms with E-state index < -0.39 is 23.8 Å². The molecule has 0 aromatic heterocycles. The molecule has 0 N–H and O–H groups in total. The molecule has 1 aliphatic rings. The van der Waals surface area contributed by atoms with Gasteiger partial charge in [0.05, 0.1) is 38.1 Å². The van der Waals surface area contributed by atoms with E-state index in [0.29, 0.717) is 6.54 Å². The molecule has 0 radical (unpaired) electrons. The van der Waals surface area contributed by atoms with Crippen molar-refractivity contribution in [3.05, 3.63) is 108 Å². The van der Waals surface area contributed by atoms with Gasteiger partial charge >= 0.3 is 11.9 Å². The second-order valence-corrected chi connectivity index (χ2v) is 7.97. The summed E-state index contributed by atoms with van der Waals surface area (Å²) in [5.74, 6) is -2.23. The minimum Gasteiger partial charge on any atom is -0.469 e. The Bertz CT molecular complexity index is 974. The topological polar surface area (TPSA) is 55.8 Å². The third-order valence-corrected chi connectivity index (χ3v) is 6.22. The highest BCUT2D eigenvalue weighted by atomic mass is 16.5. The van der Waals surface area contributed by atoms with Gasteiger partial charge in [-0.25, -0.2) is 0 Å². The largest absolute Gasteiger partial charge is 0.469 e. The molecule has 0 unspecified atom stereocenters. The molecule has 0 aliphatic carbocycles. The van der Waals surface area contributed by atoms with E-state index in [4.69, 9.17) is 9.47 Å². The molecule has 1 saturated heterocycles. The van der Waals surface area contributed by atoms with Gasteiger partial charge < -0.3 is 9.47 Å². The lowest BCUT2D eigenvalue weighted by molar-refractivity contribution is -0.157. The van der Waals surface area contributed by atoms with Crippen molar-refractivity contribution < 1.29 is 19.1 Å². The number of hydrogen-bond donors (Lipinski definition) is 0. The highest BCUT2D eigenvalue weighted by molar-refractivity contribution is 5.84. The van der Waals surface area contributed by atoms with Crippen LogP contribution in [-0.4, -0.2) is 31.1 Å². The number of methoxy groups -OCH3 is 2. The van der Waals surface area contributed by atoms with Gasteiger partial charge in [0.25, 0.3) is 0 Å². The standard InChI is InChI=1S/C27H27NO4/c1-31-26(29)22-23(27(30)32-2)25(21-16-10-5-11-17-21)28(18-19-12-6-3-7-13-19)24(22)20-14-8-4-9-15-20/h3-17,22-25H,18H2,1-2H3/t22-,23-,24-,25-/m0/s1. The van der Waals surface area contributed by atoms with Gasteiger partial charge in [-0.05, 0) is 16.7 Å². The molecule has 32 heavy (non-hydrogen) atoms. The quantitative estimate of drug-likeness (QED) is 0.538. The summed E-state index contributed by atoms with van der Waals surface area (Å²) in [5, 5.41) is 0. The third-order valence-electron chi connectivity index (χ3n) is 6.22. The van der Waals surface area contributed by atoms with Crippen LogP contribution in [0.1, 0.15) is 28.8 Å². The average Bonchev–Trinajstić information content (AvgIpc) is 3.19. The lowest BCUT2D eigenvalue weighted by Gasteiger charge is -2.32. The van der Waals surface area contributed by atoms with Crippen molar-refractivity contribution in [2.24, 2.45) is 11.8 Å². The van der Waals surface area contributed by atoms with Crippen LogP contribution in [0.2, 0.25) is 0 Å². The molecule has 0 saturated carbocycles. The summed E-state index contributed by atoms with van der Waals surface area (Å²) in [6.45, 7) is 0.570. The summed E-state index contributed by atoms with van der Waals surface area (Å²) >= 11 is 0. The van der Waals surface area contributed by atoms with E-state index in [9.17, 15) is 9.59 Å². The van der Waals surface area contributed by atoms with Gasteiger partial charge in [-0.3, -0.25) is 14.5 Å². The normalized spacial score (nSPS) is 22.9. The molecule has 1 heterocycles. The molecule has 164 valence electrons. The zero-order valence-electron chi connectivity index (χ0n) is 18.3. The van der Waals surface area contributed by atoms with Crippen molar-refractivity contribution in [3.63, 3.8) is 0 Å². The Morgan fingerprint density at radius 3 is 1.41 bits per heavy atom. The first-order valence-electron chi connectivity index (χ1n) is 10.7. The van der Waals surface area contributed by atoms with E-state index in [1.165, 1.54) is 14.2 Å². The fraction of sp³-hybridized carbons (Fsp3) is 0.259. The molecule has 0 amide bonds. The smallest absolute Gasteiger partial charge is 0.311 e. The molecule has 4 atom stereocenters.